The van der Waals surface area contributed by atoms with Crippen molar-refractivity contribution in [1.29, 1.82) is 0 Å². The molecule has 10 nitrogen and oxygen atoms in total. The summed E-state index contributed by atoms with van der Waals surface area (Å²) in [6, 6.07) is 0. The Kier molecular flexibility index (Phi) is 29.9. The van der Waals surface area contributed by atoms with Crippen LogP contribution in [0, 0.1) is 0 Å². The fourth-order valence-electron chi connectivity index (χ4n) is 5.00. The van der Waals surface area contributed by atoms with E-state index in [-0.39, 0.29) is 6.42 Å². The summed E-state index contributed by atoms with van der Waals surface area (Å²) in [5.41, 5.74) is 0. The molecule has 262 valence electrons. The van der Waals surface area contributed by atoms with E-state index < -0.39 is 58.4 Å². The second-order valence-electron chi connectivity index (χ2n) is 11.9. The molecule has 0 fully saturated rings. The SMILES string of the molecule is CCCCCCCCCCCCCCCCCCCCCCCCC(=O)OC(CO)COP(=O)(O)OCC(CO)OC(C)=O. The van der Waals surface area contributed by atoms with Gasteiger partial charge in [0.2, 0.25) is 0 Å². The van der Waals surface area contributed by atoms with E-state index >= 15 is 0 Å². The van der Waals surface area contributed by atoms with Crippen molar-refractivity contribution in [3.8, 4) is 0 Å². The number of carbonyl (C=O) groups excluding carboxylic acids is 2. The predicted molar refractivity (Wildman–Crippen MR) is 173 cm³/mol. The van der Waals surface area contributed by atoms with E-state index in [0.29, 0.717) is 6.42 Å². The van der Waals surface area contributed by atoms with Crippen LogP contribution >= 0.6 is 7.82 Å². The third kappa shape index (κ3) is 29.7. The van der Waals surface area contributed by atoms with Crippen LogP contribution in [0.4, 0.5) is 0 Å². The molecule has 0 rings (SSSR count). The first-order valence-corrected chi connectivity index (χ1v) is 18.9. The van der Waals surface area contributed by atoms with Gasteiger partial charge in [-0.3, -0.25) is 18.6 Å². The van der Waals surface area contributed by atoms with Crippen molar-refractivity contribution in [1.82, 2.24) is 0 Å². The zero-order valence-electron chi connectivity index (χ0n) is 27.9. The van der Waals surface area contributed by atoms with Crippen LogP contribution in [-0.4, -0.2) is 65.7 Å². The van der Waals surface area contributed by atoms with Gasteiger partial charge >= 0.3 is 19.8 Å². The number of hydrogen-bond acceptors (Lipinski definition) is 9. The van der Waals surface area contributed by atoms with Gasteiger partial charge < -0.3 is 24.6 Å². The predicted octanol–water partition coefficient (Wildman–Crippen LogP) is 7.94. The van der Waals surface area contributed by atoms with Crippen LogP contribution in [0.2, 0.25) is 0 Å². The van der Waals surface area contributed by atoms with Gasteiger partial charge in [-0.2, -0.15) is 0 Å². The number of rotatable bonds is 33. The first kappa shape index (κ1) is 43.0. The van der Waals surface area contributed by atoms with Crippen molar-refractivity contribution in [3.05, 3.63) is 0 Å². The highest BCUT2D eigenvalue weighted by atomic mass is 31.2. The monoisotopic (exact) mass is 652 g/mol. The molecule has 11 heteroatoms. The highest BCUT2D eigenvalue weighted by molar-refractivity contribution is 7.47. The van der Waals surface area contributed by atoms with Gasteiger partial charge in [0.1, 0.15) is 12.2 Å². The van der Waals surface area contributed by atoms with Crippen LogP contribution in [-0.2, 0) is 32.7 Å². The molecule has 44 heavy (non-hydrogen) atoms. The summed E-state index contributed by atoms with van der Waals surface area (Å²) in [4.78, 5) is 32.7. The summed E-state index contributed by atoms with van der Waals surface area (Å²) in [6.45, 7) is 1.10. The number of phosphoric acid groups is 1. The molecule has 0 aliphatic carbocycles. The van der Waals surface area contributed by atoms with E-state index in [0.717, 1.165) is 26.2 Å². The minimum Gasteiger partial charge on any atom is -0.458 e. The highest BCUT2D eigenvalue weighted by Gasteiger charge is 2.27. The van der Waals surface area contributed by atoms with Gasteiger partial charge in [-0.15, -0.1) is 0 Å². The van der Waals surface area contributed by atoms with Gasteiger partial charge in [-0.05, 0) is 6.42 Å². The van der Waals surface area contributed by atoms with E-state index in [1.807, 2.05) is 0 Å². The van der Waals surface area contributed by atoms with Crippen molar-refractivity contribution < 1.29 is 47.8 Å². The smallest absolute Gasteiger partial charge is 0.458 e. The maximum Gasteiger partial charge on any atom is 0.472 e. The van der Waals surface area contributed by atoms with Crippen LogP contribution in [0.25, 0.3) is 0 Å². The van der Waals surface area contributed by atoms with Crippen molar-refractivity contribution in [2.45, 2.75) is 174 Å². The Hall–Kier alpha value is -1.03. The van der Waals surface area contributed by atoms with E-state index in [9.17, 15) is 24.2 Å². The number of unbranched alkanes of at least 4 members (excludes halogenated alkanes) is 21. The van der Waals surface area contributed by atoms with Crippen LogP contribution in [0.1, 0.15) is 162 Å². The van der Waals surface area contributed by atoms with Gasteiger partial charge in [0, 0.05) is 13.3 Å². The van der Waals surface area contributed by atoms with E-state index in [2.05, 4.69) is 6.92 Å². The molecule has 0 saturated carbocycles. The van der Waals surface area contributed by atoms with E-state index in [1.165, 1.54) is 116 Å². The average Bonchev–Trinajstić information content (AvgIpc) is 2.99. The van der Waals surface area contributed by atoms with Crippen molar-refractivity contribution >= 4 is 19.8 Å². The molecule has 3 unspecified atom stereocenters. The summed E-state index contributed by atoms with van der Waals surface area (Å²) in [5.74, 6) is -1.19. The molecular weight excluding hydrogens is 587 g/mol. The topological polar surface area (TPSA) is 149 Å². The molecule has 0 spiro atoms. The first-order valence-electron chi connectivity index (χ1n) is 17.4. The highest BCUT2D eigenvalue weighted by Crippen LogP contribution is 2.43. The largest absolute Gasteiger partial charge is 0.472 e. The summed E-state index contributed by atoms with van der Waals surface area (Å²) >= 11 is 0. The Balaban J connectivity index is 3.60. The fraction of sp³-hybridized carbons (Fsp3) is 0.939. The van der Waals surface area contributed by atoms with E-state index in [4.69, 9.17) is 23.6 Å². The Labute approximate surface area is 267 Å². The fourth-order valence-corrected chi connectivity index (χ4v) is 5.78. The van der Waals surface area contributed by atoms with Crippen molar-refractivity contribution in [2.24, 2.45) is 0 Å². The molecule has 0 aromatic rings. The summed E-state index contributed by atoms with van der Waals surface area (Å²) < 4.78 is 31.3. The number of phosphoric ester groups is 1. The number of esters is 2. The standard InChI is InChI=1S/C33H65O10P/c1-3-4-5-6-7-8-9-10-11-12-13-14-15-16-17-18-19-20-21-22-23-24-25-33(37)43-32(27-35)29-41-44(38,39)40-28-31(26-34)42-30(2)36/h31-32,34-35H,3-29H2,1-2H3,(H,38,39). The lowest BCUT2D eigenvalue weighted by Gasteiger charge is -2.20. The minimum absolute atomic E-state index is 0.198. The lowest BCUT2D eigenvalue weighted by Crippen LogP contribution is -2.28. The van der Waals surface area contributed by atoms with Gasteiger partial charge in [0.25, 0.3) is 0 Å². The van der Waals surface area contributed by atoms with Crippen molar-refractivity contribution in [2.75, 3.05) is 26.4 Å². The molecule has 0 radical (unpaired) electrons. The van der Waals surface area contributed by atoms with Crippen LogP contribution in [0.5, 0.6) is 0 Å². The number of aliphatic hydroxyl groups excluding tert-OH is 2. The van der Waals surface area contributed by atoms with Crippen molar-refractivity contribution in [3.63, 3.8) is 0 Å². The Morgan fingerprint density at radius 3 is 1.20 bits per heavy atom. The number of aliphatic hydroxyl groups is 2. The lowest BCUT2D eigenvalue weighted by atomic mass is 10.0. The third-order valence-corrected chi connectivity index (χ3v) is 8.57. The number of ether oxygens (including phenoxy) is 2. The van der Waals surface area contributed by atoms with Crippen LogP contribution < -0.4 is 0 Å². The molecule has 0 amide bonds. The molecule has 3 N–H and O–H groups in total. The zero-order chi connectivity index (χ0) is 32.7. The maximum absolute atomic E-state index is 12.1. The molecule has 3 atom stereocenters. The Morgan fingerprint density at radius 1 is 0.568 bits per heavy atom. The molecule has 0 aliphatic rings. The number of hydrogen-bond donors (Lipinski definition) is 3. The molecule has 0 saturated heterocycles. The molecule has 0 aromatic carbocycles. The van der Waals surface area contributed by atoms with Gasteiger partial charge in [-0.1, -0.05) is 142 Å². The first-order chi connectivity index (χ1) is 21.2. The summed E-state index contributed by atoms with van der Waals surface area (Å²) in [6.07, 6.45) is 26.5. The van der Waals surface area contributed by atoms with Crippen LogP contribution in [0.3, 0.4) is 0 Å². The Morgan fingerprint density at radius 2 is 0.886 bits per heavy atom. The van der Waals surface area contributed by atoms with Gasteiger partial charge in [-0.25, -0.2) is 4.57 Å². The third-order valence-electron chi connectivity index (χ3n) is 7.62. The summed E-state index contributed by atoms with van der Waals surface area (Å²) in [5, 5.41) is 18.5. The number of carbonyl (C=O) groups is 2. The molecule has 0 aliphatic heterocycles. The second-order valence-corrected chi connectivity index (χ2v) is 13.4. The van der Waals surface area contributed by atoms with Gasteiger partial charge in [0.15, 0.2) is 0 Å². The average molecular weight is 653 g/mol. The maximum atomic E-state index is 12.1. The quantitative estimate of drug-likeness (QED) is 0.0362. The van der Waals surface area contributed by atoms with Crippen LogP contribution in [0.15, 0.2) is 0 Å². The Bertz CT molecular complexity index is 721. The second kappa shape index (κ2) is 30.6. The minimum atomic E-state index is -4.58. The summed E-state index contributed by atoms with van der Waals surface area (Å²) in [7, 11) is -4.58. The normalized spacial score (nSPS) is 14.2. The molecule has 0 bridgehead atoms. The van der Waals surface area contributed by atoms with E-state index in [1.54, 1.807) is 0 Å². The molecular formula is C33H65O10P. The molecule has 0 aromatic heterocycles. The zero-order valence-corrected chi connectivity index (χ0v) is 28.8. The van der Waals surface area contributed by atoms with Gasteiger partial charge in [0.05, 0.1) is 26.4 Å². The lowest BCUT2D eigenvalue weighted by molar-refractivity contribution is -0.153. The molecule has 0 heterocycles.